The normalized spacial score (nSPS) is 10.0. The minimum atomic E-state index is 0.0243. The van der Waals surface area contributed by atoms with Gasteiger partial charge in [0.15, 0.2) is 5.13 Å². The molecule has 3 nitrogen and oxygen atoms in total. The molecule has 6 heteroatoms. The number of aromatic nitrogens is 1. The molecule has 0 radical (unpaired) electrons. The van der Waals surface area contributed by atoms with Crippen molar-refractivity contribution in [1.29, 1.82) is 0 Å². The van der Waals surface area contributed by atoms with E-state index in [1.54, 1.807) is 18.0 Å². The molecular weight excluding hydrogens is 272 g/mol. The zero-order chi connectivity index (χ0) is 9.68. The monoisotopic (exact) mass is 280 g/mol. The van der Waals surface area contributed by atoms with E-state index in [0.717, 1.165) is 9.54 Å². The van der Waals surface area contributed by atoms with Gasteiger partial charge in [-0.05, 0) is 22.2 Å². The molecule has 0 unspecified atom stereocenters. The van der Waals surface area contributed by atoms with Crippen molar-refractivity contribution in [3.05, 3.63) is 9.98 Å². The van der Waals surface area contributed by atoms with Crippen molar-refractivity contribution >= 4 is 50.1 Å². The van der Waals surface area contributed by atoms with Gasteiger partial charge in [0.2, 0.25) is 5.91 Å². The van der Waals surface area contributed by atoms with Crippen molar-refractivity contribution < 1.29 is 4.79 Å². The summed E-state index contributed by atoms with van der Waals surface area (Å²) in [6, 6.07) is 0. The summed E-state index contributed by atoms with van der Waals surface area (Å²) in [6.07, 6.45) is 4.19. The predicted octanol–water partition coefficient (Wildman–Crippen LogP) is 2.60. The lowest BCUT2D eigenvalue weighted by atomic mass is 10.5. The molecule has 1 aromatic rings. The third-order valence-corrected chi connectivity index (χ3v) is 3.26. The highest BCUT2D eigenvalue weighted by Crippen LogP contribution is 2.23. The second-order valence-electron chi connectivity index (χ2n) is 2.26. The average Bonchev–Trinajstić information content (AvgIpc) is 2.48. The van der Waals surface area contributed by atoms with Gasteiger partial charge in [-0.15, -0.1) is 0 Å². The molecule has 0 aliphatic rings. The van der Waals surface area contributed by atoms with Crippen LogP contribution in [0.4, 0.5) is 5.13 Å². The molecule has 1 heterocycles. The van der Waals surface area contributed by atoms with E-state index in [2.05, 4.69) is 26.2 Å². The minimum absolute atomic E-state index is 0.0243. The standard InChI is InChI=1S/C7H9BrN2OS2/c1-12-3-2-6(11)10-7-9-4-5(8)13-7/h4H,2-3H2,1H3,(H,9,10,11). The van der Waals surface area contributed by atoms with Gasteiger partial charge in [-0.2, -0.15) is 11.8 Å². The van der Waals surface area contributed by atoms with E-state index < -0.39 is 0 Å². The number of hydrogen-bond acceptors (Lipinski definition) is 4. The van der Waals surface area contributed by atoms with Crippen molar-refractivity contribution in [2.45, 2.75) is 6.42 Å². The van der Waals surface area contributed by atoms with Crippen LogP contribution in [0.25, 0.3) is 0 Å². The Balaban J connectivity index is 2.36. The van der Waals surface area contributed by atoms with Gasteiger partial charge in [0.1, 0.15) is 0 Å². The van der Waals surface area contributed by atoms with Crippen LogP contribution < -0.4 is 5.32 Å². The van der Waals surface area contributed by atoms with E-state index in [4.69, 9.17) is 0 Å². The first-order chi connectivity index (χ1) is 6.22. The highest BCUT2D eigenvalue weighted by atomic mass is 79.9. The average molecular weight is 281 g/mol. The number of carbonyl (C=O) groups excluding carboxylic acids is 1. The number of anilines is 1. The van der Waals surface area contributed by atoms with E-state index in [-0.39, 0.29) is 5.91 Å². The number of nitrogens with one attached hydrogen (secondary N) is 1. The molecule has 0 spiro atoms. The molecular formula is C7H9BrN2OS2. The maximum atomic E-state index is 11.2. The SMILES string of the molecule is CSCCC(=O)Nc1ncc(Br)s1. The summed E-state index contributed by atoms with van der Waals surface area (Å²) in [6.45, 7) is 0. The topological polar surface area (TPSA) is 42.0 Å². The molecule has 1 rings (SSSR count). The second-order valence-corrected chi connectivity index (χ2v) is 5.66. The molecule has 0 aliphatic carbocycles. The highest BCUT2D eigenvalue weighted by molar-refractivity contribution is 9.11. The van der Waals surface area contributed by atoms with Crippen LogP contribution in [0, 0.1) is 0 Å². The van der Waals surface area contributed by atoms with Crippen molar-refractivity contribution in [1.82, 2.24) is 4.98 Å². The lowest BCUT2D eigenvalue weighted by Gasteiger charge is -1.98. The first kappa shape index (κ1) is 11.0. The largest absolute Gasteiger partial charge is 0.302 e. The summed E-state index contributed by atoms with van der Waals surface area (Å²) >= 11 is 6.35. The van der Waals surface area contributed by atoms with Gasteiger partial charge < -0.3 is 5.32 Å². The van der Waals surface area contributed by atoms with E-state index in [1.165, 1.54) is 11.3 Å². The predicted molar refractivity (Wildman–Crippen MR) is 61.4 cm³/mol. The van der Waals surface area contributed by atoms with Crippen LogP contribution in [0.2, 0.25) is 0 Å². The molecule has 0 saturated heterocycles. The zero-order valence-corrected chi connectivity index (χ0v) is 10.3. The first-order valence-electron chi connectivity index (χ1n) is 3.62. The van der Waals surface area contributed by atoms with Crippen LogP contribution in [-0.2, 0) is 4.79 Å². The number of hydrogen-bond donors (Lipinski definition) is 1. The Bertz CT molecular complexity index is 290. The summed E-state index contributed by atoms with van der Waals surface area (Å²) in [5.41, 5.74) is 0. The van der Waals surface area contributed by atoms with Crippen LogP contribution in [0.1, 0.15) is 6.42 Å². The van der Waals surface area contributed by atoms with Gasteiger partial charge in [0, 0.05) is 12.2 Å². The number of amides is 1. The summed E-state index contributed by atoms with van der Waals surface area (Å²) < 4.78 is 0.924. The van der Waals surface area contributed by atoms with Crippen molar-refractivity contribution in [3.63, 3.8) is 0 Å². The Morgan fingerprint density at radius 3 is 3.15 bits per heavy atom. The lowest BCUT2D eigenvalue weighted by Crippen LogP contribution is -2.11. The fraction of sp³-hybridized carbons (Fsp3) is 0.429. The van der Waals surface area contributed by atoms with Crippen molar-refractivity contribution in [3.8, 4) is 0 Å². The Morgan fingerprint density at radius 1 is 1.85 bits per heavy atom. The van der Waals surface area contributed by atoms with Gasteiger partial charge in [-0.3, -0.25) is 4.79 Å². The van der Waals surface area contributed by atoms with E-state index >= 15 is 0 Å². The molecule has 0 saturated carbocycles. The van der Waals surface area contributed by atoms with E-state index in [9.17, 15) is 4.79 Å². The maximum Gasteiger partial charge on any atom is 0.226 e. The lowest BCUT2D eigenvalue weighted by molar-refractivity contribution is -0.115. The minimum Gasteiger partial charge on any atom is -0.302 e. The Morgan fingerprint density at radius 2 is 2.62 bits per heavy atom. The molecule has 72 valence electrons. The van der Waals surface area contributed by atoms with E-state index in [1.807, 2.05) is 6.26 Å². The molecule has 0 bridgehead atoms. The molecule has 1 amide bonds. The van der Waals surface area contributed by atoms with Crippen LogP contribution in [0.3, 0.4) is 0 Å². The zero-order valence-electron chi connectivity index (χ0n) is 7.04. The van der Waals surface area contributed by atoms with Gasteiger partial charge in [0.05, 0.1) is 9.98 Å². The molecule has 13 heavy (non-hydrogen) atoms. The summed E-state index contributed by atoms with van der Waals surface area (Å²) in [5, 5.41) is 3.37. The number of halogens is 1. The summed E-state index contributed by atoms with van der Waals surface area (Å²) in [5.74, 6) is 0.870. The fourth-order valence-electron chi connectivity index (χ4n) is 0.689. The molecule has 0 fully saturated rings. The molecule has 0 aromatic carbocycles. The number of thiazole rings is 1. The van der Waals surface area contributed by atoms with Gasteiger partial charge >= 0.3 is 0 Å². The Labute approximate surface area is 93.5 Å². The number of carbonyl (C=O) groups is 1. The second kappa shape index (κ2) is 5.62. The number of thioether (sulfide) groups is 1. The molecule has 0 atom stereocenters. The van der Waals surface area contributed by atoms with Gasteiger partial charge in [-0.1, -0.05) is 11.3 Å². The van der Waals surface area contributed by atoms with Gasteiger partial charge in [0.25, 0.3) is 0 Å². The third-order valence-electron chi connectivity index (χ3n) is 1.26. The quantitative estimate of drug-likeness (QED) is 0.922. The van der Waals surface area contributed by atoms with Crippen LogP contribution in [0.5, 0.6) is 0 Å². The maximum absolute atomic E-state index is 11.2. The molecule has 1 aromatic heterocycles. The van der Waals surface area contributed by atoms with Crippen LogP contribution in [-0.4, -0.2) is 22.9 Å². The van der Waals surface area contributed by atoms with Gasteiger partial charge in [-0.25, -0.2) is 4.98 Å². The summed E-state index contributed by atoms with van der Waals surface area (Å²) in [4.78, 5) is 15.2. The van der Waals surface area contributed by atoms with Crippen LogP contribution >= 0.6 is 39.0 Å². The highest BCUT2D eigenvalue weighted by Gasteiger charge is 2.04. The third kappa shape index (κ3) is 4.10. The van der Waals surface area contributed by atoms with E-state index in [0.29, 0.717) is 11.6 Å². The fourth-order valence-corrected chi connectivity index (χ4v) is 2.20. The smallest absolute Gasteiger partial charge is 0.226 e. The number of rotatable bonds is 4. The van der Waals surface area contributed by atoms with Crippen LogP contribution in [0.15, 0.2) is 9.98 Å². The molecule has 1 N–H and O–H groups in total. The Hall–Kier alpha value is -0.0700. The van der Waals surface area contributed by atoms with Crippen molar-refractivity contribution in [2.75, 3.05) is 17.3 Å². The summed E-state index contributed by atoms with van der Waals surface area (Å²) in [7, 11) is 0. The first-order valence-corrected chi connectivity index (χ1v) is 6.63. The Kier molecular flexibility index (Phi) is 4.76. The van der Waals surface area contributed by atoms with Crippen molar-refractivity contribution in [2.24, 2.45) is 0 Å². The number of nitrogens with zero attached hydrogens (tertiary/aromatic N) is 1. The molecule has 0 aliphatic heterocycles.